The molecule has 0 amide bonds. The lowest BCUT2D eigenvalue weighted by atomic mass is 10.1. The van der Waals surface area contributed by atoms with E-state index in [4.69, 9.17) is 4.42 Å². The Bertz CT molecular complexity index is 1060. The van der Waals surface area contributed by atoms with Gasteiger partial charge in [0.25, 0.3) is 0 Å². The van der Waals surface area contributed by atoms with Crippen LogP contribution in [0.5, 0.6) is 0 Å². The van der Waals surface area contributed by atoms with E-state index >= 15 is 0 Å². The first-order valence-electron chi connectivity index (χ1n) is 8.70. The Balaban J connectivity index is 1.94. The molecule has 4 rings (SSSR count). The van der Waals surface area contributed by atoms with E-state index in [1.54, 1.807) is 0 Å². The van der Waals surface area contributed by atoms with Crippen LogP contribution in [-0.4, -0.2) is 15.1 Å². The fraction of sp³-hybridized carbons (Fsp3) is 0.182. The molecule has 3 heteroatoms. The summed E-state index contributed by atoms with van der Waals surface area (Å²) in [5.74, 6) is 0. The molecule has 0 aliphatic carbocycles. The minimum atomic E-state index is -1.45. The molecule has 0 fully saturated rings. The number of hydrogen-bond acceptors (Lipinski definition) is 2. The minimum absolute atomic E-state index is 0.942. The molecule has 0 spiro atoms. The van der Waals surface area contributed by atoms with Crippen LogP contribution in [-0.2, 0) is 0 Å². The van der Waals surface area contributed by atoms with Crippen molar-refractivity contribution >= 4 is 46.6 Å². The molecule has 0 bridgehead atoms. The number of nitrogens with zero attached hydrogens (tertiary/aromatic N) is 1. The van der Waals surface area contributed by atoms with Crippen molar-refractivity contribution in [1.29, 1.82) is 0 Å². The monoisotopic (exact) mass is 345 g/mol. The molecule has 4 aromatic rings. The van der Waals surface area contributed by atoms with E-state index in [0.717, 1.165) is 16.9 Å². The van der Waals surface area contributed by atoms with Gasteiger partial charge < -0.3 is 9.32 Å². The van der Waals surface area contributed by atoms with E-state index in [1.807, 2.05) is 12.1 Å². The van der Waals surface area contributed by atoms with E-state index < -0.39 is 8.07 Å². The van der Waals surface area contributed by atoms with E-state index in [-0.39, 0.29) is 0 Å². The first kappa shape index (κ1) is 16.0. The summed E-state index contributed by atoms with van der Waals surface area (Å²) in [4.78, 5) is 2.28. The molecule has 0 saturated heterocycles. The molecule has 0 saturated carbocycles. The van der Waals surface area contributed by atoms with Gasteiger partial charge in [0.15, 0.2) is 5.58 Å². The van der Waals surface area contributed by atoms with Crippen molar-refractivity contribution in [1.82, 2.24) is 0 Å². The maximum atomic E-state index is 6.22. The van der Waals surface area contributed by atoms with Crippen LogP contribution in [0.1, 0.15) is 0 Å². The van der Waals surface area contributed by atoms with Crippen molar-refractivity contribution in [2.24, 2.45) is 0 Å². The van der Waals surface area contributed by atoms with E-state index in [1.165, 1.54) is 21.6 Å². The van der Waals surface area contributed by atoms with Gasteiger partial charge in [-0.05, 0) is 23.4 Å². The zero-order valence-corrected chi connectivity index (χ0v) is 16.2. The molecule has 0 unspecified atom stereocenters. The van der Waals surface area contributed by atoms with Gasteiger partial charge in [0, 0.05) is 23.5 Å². The molecule has 1 aromatic heterocycles. The molecular weight excluding hydrogens is 322 g/mol. The lowest BCUT2D eigenvalue weighted by Gasteiger charge is -2.28. The van der Waals surface area contributed by atoms with Crippen LogP contribution in [0.25, 0.3) is 21.9 Å². The Morgan fingerprint density at radius 3 is 2.16 bits per heavy atom. The summed E-state index contributed by atoms with van der Waals surface area (Å²) < 4.78 is 6.22. The topological polar surface area (TPSA) is 16.4 Å². The lowest BCUT2D eigenvalue weighted by Crippen LogP contribution is -2.40. The molecule has 126 valence electrons. The number of anilines is 2. The zero-order valence-electron chi connectivity index (χ0n) is 15.2. The predicted molar refractivity (Wildman–Crippen MR) is 111 cm³/mol. The number of fused-ring (bicyclic) bond motifs is 3. The summed E-state index contributed by atoms with van der Waals surface area (Å²) in [6.07, 6.45) is 0. The fourth-order valence-electron chi connectivity index (χ4n) is 3.53. The van der Waals surface area contributed by atoms with Crippen molar-refractivity contribution in [3.8, 4) is 0 Å². The molecule has 25 heavy (non-hydrogen) atoms. The third-order valence-electron chi connectivity index (χ3n) is 4.82. The number of furan rings is 1. The van der Waals surface area contributed by atoms with Gasteiger partial charge in [-0.2, -0.15) is 0 Å². The van der Waals surface area contributed by atoms with Crippen LogP contribution >= 0.6 is 0 Å². The van der Waals surface area contributed by atoms with Gasteiger partial charge >= 0.3 is 0 Å². The first-order valence-corrected chi connectivity index (χ1v) is 12.2. The van der Waals surface area contributed by atoms with Gasteiger partial charge in [-0.1, -0.05) is 68.2 Å². The predicted octanol–water partition coefficient (Wildman–Crippen LogP) is 5.90. The van der Waals surface area contributed by atoms with E-state index in [9.17, 15) is 0 Å². The van der Waals surface area contributed by atoms with Crippen LogP contribution in [0.3, 0.4) is 0 Å². The van der Waals surface area contributed by atoms with Crippen molar-refractivity contribution in [2.75, 3.05) is 11.9 Å². The Morgan fingerprint density at radius 2 is 1.36 bits per heavy atom. The maximum Gasteiger partial charge on any atom is 0.159 e. The van der Waals surface area contributed by atoms with Gasteiger partial charge in [-0.15, -0.1) is 0 Å². The SMILES string of the molecule is CN(c1ccccc1[Si](C)(C)C)c1cccc2c1oc1ccccc12. The highest BCUT2D eigenvalue weighted by atomic mass is 28.3. The van der Waals surface area contributed by atoms with Gasteiger partial charge in [-0.25, -0.2) is 0 Å². The second kappa shape index (κ2) is 5.78. The highest BCUT2D eigenvalue weighted by molar-refractivity contribution is 6.89. The highest BCUT2D eigenvalue weighted by Gasteiger charge is 2.23. The average molecular weight is 346 g/mol. The average Bonchev–Trinajstić information content (AvgIpc) is 2.99. The smallest absolute Gasteiger partial charge is 0.159 e. The van der Waals surface area contributed by atoms with Crippen molar-refractivity contribution in [3.05, 3.63) is 66.7 Å². The highest BCUT2D eigenvalue weighted by Crippen LogP contribution is 2.36. The van der Waals surface area contributed by atoms with Crippen molar-refractivity contribution in [2.45, 2.75) is 19.6 Å². The quantitative estimate of drug-likeness (QED) is 0.430. The Labute approximate surface area is 149 Å². The number of benzene rings is 3. The standard InChI is InChI=1S/C22H23NOSi/c1-23(18-12-6-8-15-21(18)25(2,3)4)19-13-9-11-17-16-10-5-7-14-20(16)24-22(17)19/h5-15H,1-4H3. The zero-order chi connectivity index (χ0) is 17.6. The number of rotatable bonds is 3. The lowest BCUT2D eigenvalue weighted by molar-refractivity contribution is 0.668. The molecule has 0 radical (unpaired) electrons. The molecule has 1 heterocycles. The Hall–Kier alpha value is -2.52. The van der Waals surface area contributed by atoms with Crippen molar-refractivity contribution in [3.63, 3.8) is 0 Å². The van der Waals surface area contributed by atoms with Gasteiger partial charge in [0.05, 0.1) is 13.8 Å². The summed E-state index contributed by atoms with van der Waals surface area (Å²) in [7, 11) is 0.695. The largest absolute Gasteiger partial charge is 0.454 e. The third kappa shape index (κ3) is 2.65. The van der Waals surface area contributed by atoms with E-state index in [0.29, 0.717) is 0 Å². The van der Waals surface area contributed by atoms with Crippen LogP contribution in [0.4, 0.5) is 11.4 Å². The second-order valence-corrected chi connectivity index (χ2v) is 12.6. The summed E-state index contributed by atoms with van der Waals surface area (Å²) in [5.41, 5.74) is 4.28. The summed E-state index contributed by atoms with van der Waals surface area (Å²) in [6.45, 7) is 7.17. The van der Waals surface area contributed by atoms with Gasteiger partial charge in [-0.3, -0.25) is 0 Å². The van der Waals surface area contributed by atoms with Crippen LogP contribution in [0, 0.1) is 0 Å². The van der Waals surface area contributed by atoms with Gasteiger partial charge in [0.2, 0.25) is 0 Å². The van der Waals surface area contributed by atoms with Crippen molar-refractivity contribution < 1.29 is 4.42 Å². The fourth-order valence-corrected chi connectivity index (χ4v) is 5.14. The minimum Gasteiger partial charge on any atom is -0.454 e. The van der Waals surface area contributed by atoms with E-state index in [2.05, 4.69) is 86.2 Å². The molecule has 0 N–H and O–H groups in total. The molecule has 2 nitrogen and oxygen atoms in total. The molecule has 0 aliphatic rings. The molecule has 3 aromatic carbocycles. The molecule has 0 aliphatic heterocycles. The third-order valence-corrected chi connectivity index (χ3v) is 6.86. The summed E-state index contributed by atoms with van der Waals surface area (Å²) in [5, 5.41) is 3.81. The Kier molecular flexibility index (Phi) is 3.69. The van der Waals surface area contributed by atoms with Crippen LogP contribution in [0.15, 0.2) is 71.1 Å². The van der Waals surface area contributed by atoms with Crippen LogP contribution < -0.4 is 10.1 Å². The summed E-state index contributed by atoms with van der Waals surface area (Å²) >= 11 is 0. The van der Waals surface area contributed by atoms with Gasteiger partial charge in [0.1, 0.15) is 5.58 Å². The summed E-state index contributed by atoms with van der Waals surface area (Å²) in [6, 6.07) is 23.4. The normalized spacial score (nSPS) is 12.0. The molecular formula is C22H23NOSi. The second-order valence-electron chi connectivity index (χ2n) is 7.58. The Morgan fingerprint density at radius 1 is 0.720 bits per heavy atom. The number of hydrogen-bond donors (Lipinski definition) is 0. The maximum absolute atomic E-state index is 6.22. The van der Waals surface area contributed by atoms with Crippen LogP contribution in [0.2, 0.25) is 19.6 Å². The first-order chi connectivity index (χ1) is 12.0. The number of para-hydroxylation sites is 3. The molecule has 0 atom stereocenters.